The Morgan fingerprint density at radius 2 is 1.76 bits per heavy atom. The van der Waals surface area contributed by atoms with Crippen LogP contribution in [0.25, 0.3) is 10.8 Å². The van der Waals surface area contributed by atoms with Crippen molar-refractivity contribution in [3.05, 3.63) is 65.1 Å². The number of methoxy groups -OCH3 is 1. The van der Waals surface area contributed by atoms with Gasteiger partial charge in [0.05, 0.1) is 7.11 Å². The predicted molar refractivity (Wildman–Crippen MR) is 85.1 cm³/mol. The summed E-state index contributed by atoms with van der Waals surface area (Å²) in [7, 11) is 1.64. The van der Waals surface area contributed by atoms with Crippen LogP contribution in [-0.4, -0.2) is 17.1 Å². The topological polar surface area (TPSA) is 35.0 Å². The maximum absolute atomic E-state index is 6.19. The lowest BCUT2D eigenvalue weighted by atomic mass is 9.91. The van der Waals surface area contributed by atoms with Crippen LogP contribution in [0.4, 0.5) is 0 Å². The molecule has 3 nitrogen and oxygen atoms in total. The van der Waals surface area contributed by atoms with Crippen LogP contribution < -0.4 is 4.74 Å². The van der Waals surface area contributed by atoms with Gasteiger partial charge in [-0.05, 0) is 17.0 Å². The van der Waals surface area contributed by atoms with Crippen molar-refractivity contribution in [3.63, 3.8) is 0 Å². The molecule has 0 fully saturated rings. The Labute approximate surface area is 128 Å². The molecule has 0 spiro atoms. The second kappa shape index (κ2) is 5.70. The highest BCUT2D eigenvalue weighted by atomic mass is 35.5. The molecular weight excluding hydrogens is 284 g/mol. The second-order valence-corrected chi connectivity index (χ2v) is 5.23. The molecule has 0 N–H and O–H groups in total. The average molecular weight is 299 g/mol. The van der Waals surface area contributed by atoms with Gasteiger partial charge in [0, 0.05) is 29.3 Å². The van der Waals surface area contributed by atoms with E-state index in [0.717, 1.165) is 21.9 Å². The van der Waals surface area contributed by atoms with E-state index < -0.39 is 0 Å². The highest BCUT2D eigenvalue weighted by molar-refractivity contribution is 6.34. The minimum atomic E-state index is 0.114. The van der Waals surface area contributed by atoms with Gasteiger partial charge in [-0.3, -0.25) is 0 Å². The second-order valence-electron chi connectivity index (χ2n) is 4.87. The van der Waals surface area contributed by atoms with Crippen molar-refractivity contribution >= 4 is 22.4 Å². The lowest BCUT2D eigenvalue weighted by Gasteiger charge is -2.17. The first kappa shape index (κ1) is 13.8. The van der Waals surface area contributed by atoms with Crippen molar-refractivity contribution in [1.82, 2.24) is 9.97 Å². The first-order chi connectivity index (χ1) is 10.2. The van der Waals surface area contributed by atoms with E-state index in [9.17, 15) is 0 Å². The molecule has 2 heterocycles. The number of halogens is 1. The summed E-state index contributed by atoms with van der Waals surface area (Å²) in [6.45, 7) is 2.12. The third-order valence-electron chi connectivity index (χ3n) is 3.70. The van der Waals surface area contributed by atoms with Gasteiger partial charge in [0.25, 0.3) is 0 Å². The molecule has 4 heteroatoms. The van der Waals surface area contributed by atoms with Crippen LogP contribution in [0.5, 0.6) is 5.88 Å². The lowest BCUT2D eigenvalue weighted by Crippen LogP contribution is -2.02. The van der Waals surface area contributed by atoms with E-state index in [-0.39, 0.29) is 5.92 Å². The van der Waals surface area contributed by atoms with Crippen molar-refractivity contribution in [3.8, 4) is 5.88 Å². The molecule has 106 valence electrons. The summed E-state index contributed by atoms with van der Waals surface area (Å²) in [5.41, 5.74) is 2.15. The molecule has 1 atom stereocenters. The van der Waals surface area contributed by atoms with Crippen LogP contribution in [0.2, 0.25) is 5.15 Å². The molecule has 0 saturated carbocycles. The van der Waals surface area contributed by atoms with Gasteiger partial charge in [0.15, 0.2) is 0 Å². The van der Waals surface area contributed by atoms with Crippen LogP contribution in [-0.2, 0) is 0 Å². The fraction of sp³-hybridized carbons (Fsp3) is 0.176. The van der Waals surface area contributed by atoms with Crippen LogP contribution in [0.1, 0.15) is 24.0 Å². The van der Waals surface area contributed by atoms with Gasteiger partial charge in [-0.1, -0.05) is 48.9 Å². The van der Waals surface area contributed by atoms with E-state index in [0.29, 0.717) is 11.0 Å². The number of hydrogen-bond acceptors (Lipinski definition) is 3. The Hall–Kier alpha value is -2.13. The Morgan fingerprint density at radius 3 is 2.52 bits per heavy atom. The van der Waals surface area contributed by atoms with Crippen LogP contribution in [0.15, 0.2) is 48.8 Å². The molecule has 21 heavy (non-hydrogen) atoms. The third kappa shape index (κ3) is 2.45. The van der Waals surface area contributed by atoms with E-state index in [2.05, 4.69) is 23.0 Å². The van der Waals surface area contributed by atoms with Crippen molar-refractivity contribution in [2.24, 2.45) is 0 Å². The summed E-state index contributed by atoms with van der Waals surface area (Å²) in [6.07, 6.45) is 3.56. The quantitative estimate of drug-likeness (QED) is 0.670. The Balaban J connectivity index is 2.18. The molecule has 2 aromatic heterocycles. The van der Waals surface area contributed by atoms with Crippen LogP contribution in [0.3, 0.4) is 0 Å². The third-order valence-corrected chi connectivity index (χ3v) is 4.01. The summed E-state index contributed by atoms with van der Waals surface area (Å²) in [6, 6.07) is 12.0. The number of ether oxygens (including phenoxy) is 1. The maximum atomic E-state index is 6.19. The molecule has 0 radical (unpaired) electrons. The monoisotopic (exact) mass is 298 g/mol. The summed E-state index contributed by atoms with van der Waals surface area (Å²) < 4.78 is 5.37. The molecule has 0 aliphatic heterocycles. The van der Waals surface area contributed by atoms with Gasteiger partial charge in [0.2, 0.25) is 5.88 Å². The lowest BCUT2D eigenvalue weighted by molar-refractivity contribution is 0.391. The molecule has 0 aliphatic carbocycles. The zero-order valence-electron chi connectivity index (χ0n) is 11.9. The van der Waals surface area contributed by atoms with E-state index in [4.69, 9.17) is 16.3 Å². The number of pyridine rings is 2. The molecule has 0 aliphatic rings. The molecule has 0 saturated heterocycles. The van der Waals surface area contributed by atoms with E-state index in [1.165, 1.54) is 0 Å². The number of fused-ring (bicyclic) bond motifs is 1. The van der Waals surface area contributed by atoms with Gasteiger partial charge in [-0.2, -0.15) is 0 Å². The van der Waals surface area contributed by atoms with Crippen molar-refractivity contribution < 1.29 is 4.74 Å². The van der Waals surface area contributed by atoms with Gasteiger partial charge in [-0.15, -0.1) is 0 Å². The Morgan fingerprint density at radius 1 is 1.00 bits per heavy atom. The van der Waals surface area contributed by atoms with Crippen molar-refractivity contribution in [2.45, 2.75) is 12.8 Å². The van der Waals surface area contributed by atoms with E-state index >= 15 is 0 Å². The van der Waals surface area contributed by atoms with Gasteiger partial charge in [0.1, 0.15) is 5.15 Å². The zero-order valence-corrected chi connectivity index (χ0v) is 12.6. The molecular formula is C17H15ClN2O. The number of aromatic nitrogens is 2. The smallest absolute Gasteiger partial charge is 0.216 e. The first-order valence-electron chi connectivity index (χ1n) is 6.74. The maximum Gasteiger partial charge on any atom is 0.216 e. The standard InChI is InChI=1S/C17H15ClN2O/c1-11(12-8-5-9-19-17(12)21-2)15-10-20-16(18)14-7-4-3-6-13(14)15/h3-11H,1-2H3. The van der Waals surface area contributed by atoms with E-state index in [1.807, 2.05) is 36.5 Å². The van der Waals surface area contributed by atoms with Crippen molar-refractivity contribution in [1.29, 1.82) is 0 Å². The molecule has 1 unspecified atom stereocenters. The number of benzene rings is 1. The fourth-order valence-electron chi connectivity index (χ4n) is 2.60. The minimum Gasteiger partial charge on any atom is -0.481 e. The van der Waals surface area contributed by atoms with Gasteiger partial charge in [-0.25, -0.2) is 9.97 Å². The number of hydrogen-bond donors (Lipinski definition) is 0. The van der Waals surface area contributed by atoms with Crippen LogP contribution in [0, 0.1) is 0 Å². The van der Waals surface area contributed by atoms with Gasteiger partial charge < -0.3 is 4.74 Å². The molecule has 1 aromatic carbocycles. The molecule has 3 rings (SSSR count). The van der Waals surface area contributed by atoms with Crippen LogP contribution >= 0.6 is 11.6 Å². The number of nitrogens with zero attached hydrogens (tertiary/aromatic N) is 2. The fourth-order valence-corrected chi connectivity index (χ4v) is 2.81. The molecule has 0 bridgehead atoms. The van der Waals surface area contributed by atoms with E-state index in [1.54, 1.807) is 13.3 Å². The van der Waals surface area contributed by atoms with Gasteiger partial charge >= 0.3 is 0 Å². The summed E-state index contributed by atoms with van der Waals surface area (Å²) >= 11 is 6.19. The SMILES string of the molecule is COc1ncccc1C(C)c1cnc(Cl)c2ccccc12. The zero-order chi connectivity index (χ0) is 14.8. The summed E-state index contributed by atoms with van der Waals surface area (Å²) in [5.74, 6) is 0.757. The average Bonchev–Trinajstić information content (AvgIpc) is 2.55. The van der Waals surface area contributed by atoms with Crippen molar-refractivity contribution in [2.75, 3.05) is 7.11 Å². The minimum absolute atomic E-state index is 0.114. The first-order valence-corrected chi connectivity index (χ1v) is 7.12. The molecule has 0 amide bonds. The normalized spacial score (nSPS) is 12.3. The summed E-state index contributed by atoms with van der Waals surface area (Å²) in [4.78, 5) is 8.59. The molecule has 3 aromatic rings. The Bertz CT molecular complexity index is 789. The Kier molecular flexibility index (Phi) is 3.76. The predicted octanol–water partition coefficient (Wildman–Crippen LogP) is 4.44. The number of rotatable bonds is 3. The highest BCUT2D eigenvalue weighted by Gasteiger charge is 2.17. The highest BCUT2D eigenvalue weighted by Crippen LogP contribution is 2.35. The summed E-state index contributed by atoms with van der Waals surface area (Å²) in [5, 5.41) is 2.60. The largest absolute Gasteiger partial charge is 0.481 e.